The molecule has 0 aliphatic heterocycles. The maximum Gasteiger partial charge on any atom is 0.0470 e. The summed E-state index contributed by atoms with van der Waals surface area (Å²) < 4.78 is 0. The summed E-state index contributed by atoms with van der Waals surface area (Å²) >= 11 is 1.89. The monoisotopic (exact) mass is 260 g/mol. The molecule has 1 atom stereocenters. The molecule has 0 aliphatic carbocycles. The molecule has 18 heavy (non-hydrogen) atoms. The summed E-state index contributed by atoms with van der Waals surface area (Å²) in [5.41, 5.74) is 2.53. The number of thiophene rings is 1. The fourth-order valence-corrected chi connectivity index (χ4v) is 3.14. The van der Waals surface area contributed by atoms with E-state index in [0.29, 0.717) is 6.04 Å². The molecule has 0 fully saturated rings. The molecule has 2 aromatic rings. The van der Waals surface area contributed by atoms with E-state index in [2.05, 4.69) is 49.3 Å². The zero-order chi connectivity index (χ0) is 13.0. The third kappa shape index (κ3) is 3.18. The molecule has 0 aliphatic rings. The van der Waals surface area contributed by atoms with Gasteiger partial charge in [-0.1, -0.05) is 13.0 Å². The van der Waals surface area contributed by atoms with Crippen molar-refractivity contribution in [3.63, 3.8) is 0 Å². The topological polar surface area (TPSA) is 24.9 Å². The van der Waals surface area contributed by atoms with Crippen molar-refractivity contribution in [2.45, 2.75) is 33.2 Å². The lowest BCUT2D eigenvalue weighted by Gasteiger charge is -2.15. The molecule has 0 amide bonds. The molecule has 0 aromatic carbocycles. The van der Waals surface area contributed by atoms with Gasteiger partial charge in [-0.2, -0.15) is 0 Å². The summed E-state index contributed by atoms with van der Waals surface area (Å²) in [7, 11) is 0. The van der Waals surface area contributed by atoms with Crippen molar-refractivity contribution in [3.05, 3.63) is 51.5 Å². The molecule has 0 bridgehead atoms. The third-order valence-corrected chi connectivity index (χ3v) is 4.38. The average molecular weight is 260 g/mol. The van der Waals surface area contributed by atoms with Gasteiger partial charge in [0.25, 0.3) is 0 Å². The molecule has 2 rings (SSSR count). The van der Waals surface area contributed by atoms with Crippen molar-refractivity contribution >= 4 is 11.3 Å². The fraction of sp³-hybridized carbons (Fsp3) is 0.400. The van der Waals surface area contributed by atoms with E-state index in [4.69, 9.17) is 0 Å². The summed E-state index contributed by atoms with van der Waals surface area (Å²) in [6.07, 6.45) is 2.82. The lowest BCUT2D eigenvalue weighted by molar-refractivity contribution is 0.552. The van der Waals surface area contributed by atoms with E-state index in [1.807, 2.05) is 23.6 Å². The quantitative estimate of drug-likeness (QED) is 0.887. The van der Waals surface area contributed by atoms with Gasteiger partial charge < -0.3 is 5.32 Å². The van der Waals surface area contributed by atoms with Crippen LogP contribution in [0.2, 0.25) is 0 Å². The smallest absolute Gasteiger partial charge is 0.0470 e. The second-order valence-corrected chi connectivity index (χ2v) is 5.81. The number of likely N-dealkylation sites (N-methyl/N-ethyl adjacent to an activating group) is 1. The minimum atomic E-state index is 0.377. The molecule has 0 radical (unpaired) electrons. The highest BCUT2D eigenvalue weighted by Crippen LogP contribution is 2.28. The fourth-order valence-electron chi connectivity index (χ4n) is 2.02. The Morgan fingerprint density at radius 2 is 2.17 bits per heavy atom. The van der Waals surface area contributed by atoms with E-state index in [0.717, 1.165) is 18.7 Å². The van der Waals surface area contributed by atoms with Gasteiger partial charge in [0, 0.05) is 34.1 Å². The Balaban J connectivity index is 2.18. The summed E-state index contributed by atoms with van der Waals surface area (Å²) in [6, 6.07) is 8.79. The van der Waals surface area contributed by atoms with Gasteiger partial charge >= 0.3 is 0 Å². The van der Waals surface area contributed by atoms with Gasteiger partial charge in [-0.3, -0.25) is 4.98 Å². The maximum absolute atomic E-state index is 4.42. The average Bonchev–Trinajstić information content (AvgIpc) is 2.70. The van der Waals surface area contributed by atoms with Crippen LogP contribution in [0.25, 0.3) is 0 Å². The second kappa shape index (κ2) is 6.12. The van der Waals surface area contributed by atoms with E-state index in [9.17, 15) is 0 Å². The first-order valence-corrected chi connectivity index (χ1v) is 7.22. The molecule has 2 nitrogen and oxygen atoms in total. The van der Waals surface area contributed by atoms with Crippen LogP contribution in [-0.4, -0.2) is 11.5 Å². The van der Waals surface area contributed by atoms with Gasteiger partial charge in [-0.05, 0) is 44.2 Å². The summed E-state index contributed by atoms with van der Waals surface area (Å²) in [4.78, 5) is 7.25. The van der Waals surface area contributed by atoms with Crippen molar-refractivity contribution < 1.29 is 0 Å². The van der Waals surface area contributed by atoms with E-state index in [1.165, 1.54) is 15.3 Å². The lowest BCUT2D eigenvalue weighted by atomic mass is 10.1. The Kier molecular flexibility index (Phi) is 4.50. The first kappa shape index (κ1) is 13.2. The van der Waals surface area contributed by atoms with Crippen LogP contribution in [0.3, 0.4) is 0 Å². The standard InChI is InChI=1S/C15H20N2S/c1-4-16-14(10-13-7-5-6-8-17-13)15-9-11(2)12(3)18-15/h5-9,14,16H,4,10H2,1-3H3. The van der Waals surface area contributed by atoms with Crippen molar-refractivity contribution in [3.8, 4) is 0 Å². The van der Waals surface area contributed by atoms with E-state index < -0.39 is 0 Å². The molecular weight excluding hydrogens is 240 g/mol. The predicted molar refractivity (Wildman–Crippen MR) is 78.2 cm³/mol. The van der Waals surface area contributed by atoms with Crippen molar-refractivity contribution in [1.29, 1.82) is 0 Å². The number of hydrogen-bond acceptors (Lipinski definition) is 3. The van der Waals surface area contributed by atoms with Gasteiger partial charge in [0.15, 0.2) is 0 Å². The second-order valence-electron chi connectivity index (χ2n) is 4.52. The van der Waals surface area contributed by atoms with Gasteiger partial charge in [-0.25, -0.2) is 0 Å². The van der Waals surface area contributed by atoms with Crippen LogP contribution in [0, 0.1) is 13.8 Å². The summed E-state index contributed by atoms with van der Waals surface area (Å²) in [5.74, 6) is 0. The summed E-state index contributed by atoms with van der Waals surface area (Å²) in [5, 5.41) is 3.56. The van der Waals surface area contributed by atoms with Crippen LogP contribution >= 0.6 is 11.3 Å². The first-order valence-electron chi connectivity index (χ1n) is 6.41. The third-order valence-electron chi connectivity index (χ3n) is 3.12. The van der Waals surface area contributed by atoms with Gasteiger partial charge in [0.05, 0.1) is 0 Å². The van der Waals surface area contributed by atoms with Gasteiger partial charge in [0.1, 0.15) is 0 Å². The highest BCUT2D eigenvalue weighted by atomic mass is 32.1. The highest BCUT2D eigenvalue weighted by Gasteiger charge is 2.14. The first-order chi connectivity index (χ1) is 8.70. The number of rotatable bonds is 5. The normalized spacial score (nSPS) is 12.6. The van der Waals surface area contributed by atoms with Crippen molar-refractivity contribution in [2.24, 2.45) is 0 Å². The predicted octanol–water partition coefficient (Wildman–Crippen LogP) is 3.65. The molecule has 1 unspecified atom stereocenters. The van der Waals surface area contributed by atoms with Crippen LogP contribution < -0.4 is 5.32 Å². The van der Waals surface area contributed by atoms with Gasteiger partial charge in [0.2, 0.25) is 0 Å². The van der Waals surface area contributed by atoms with Gasteiger partial charge in [-0.15, -0.1) is 11.3 Å². The minimum Gasteiger partial charge on any atom is -0.309 e. The van der Waals surface area contributed by atoms with Crippen LogP contribution in [0.15, 0.2) is 30.5 Å². The molecule has 96 valence electrons. The number of aromatic nitrogens is 1. The van der Waals surface area contributed by atoms with Crippen molar-refractivity contribution in [2.75, 3.05) is 6.54 Å². The molecule has 3 heteroatoms. The maximum atomic E-state index is 4.42. The zero-order valence-corrected chi connectivity index (χ0v) is 12.1. The minimum absolute atomic E-state index is 0.377. The summed E-state index contributed by atoms with van der Waals surface area (Å²) in [6.45, 7) is 7.50. The number of aryl methyl sites for hydroxylation is 2. The molecule has 0 saturated heterocycles. The largest absolute Gasteiger partial charge is 0.309 e. The molecule has 0 spiro atoms. The van der Waals surface area contributed by atoms with Crippen LogP contribution in [0.1, 0.15) is 34.0 Å². The van der Waals surface area contributed by atoms with Crippen LogP contribution in [0.4, 0.5) is 0 Å². The molecule has 1 N–H and O–H groups in total. The van der Waals surface area contributed by atoms with Crippen LogP contribution in [0.5, 0.6) is 0 Å². The zero-order valence-electron chi connectivity index (χ0n) is 11.2. The van der Waals surface area contributed by atoms with E-state index in [-0.39, 0.29) is 0 Å². The Labute approximate surface area is 113 Å². The van der Waals surface area contributed by atoms with Crippen molar-refractivity contribution in [1.82, 2.24) is 10.3 Å². The van der Waals surface area contributed by atoms with Crippen LogP contribution in [-0.2, 0) is 6.42 Å². The molecule has 2 aromatic heterocycles. The number of nitrogens with zero attached hydrogens (tertiary/aromatic N) is 1. The molecule has 0 saturated carbocycles. The number of pyridine rings is 1. The lowest BCUT2D eigenvalue weighted by Crippen LogP contribution is -2.22. The Morgan fingerprint density at radius 3 is 2.72 bits per heavy atom. The number of nitrogens with one attached hydrogen (secondary N) is 1. The SMILES string of the molecule is CCNC(Cc1ccccn1)c1cc(C)c(C)s1. The molecular formula is C15H20N2S. The highest BCUT2D eigenvalue weighted by molar-refractivity contribution is 7.12. The molecule has 2 heterocycles. The van der Waals surface area contributed by atoms with E-state index >= 15 is 0 Å². The Hall–Kier alpha value is -1.19. The number of hydrogen-bond donors (Lipinski definition) is 1. The van der Waals surface area contributed by atoms with E-state index in [1.54, 1.807) is 0 Å². The Bertz CT molecular complexity index is 471. The Morgan fingerprint density at radius 1 is 1.33 bits per heavy atom.